The molecule has 3 N–H and O–H groups in total. The predicted molar refractivity (Wildman–Crippen MR) is 116 cm³/mol. The van der Waals surface area contributed by atoms with E-state index in [2.05, 4.69) is 42.6 Å². The highest BCUT2D eigenvalue weighted by molar-refractivity contribution is 5.97. The molecule has 0 spiro atoms. The molecule has 0 saturated carbocycles. The van der Waals surface area contributed by atoms with Crippen LogP contribution in [0.4, 0.5) is 0 Å². The minimum absolute atomic E-state index is 0.501. The molecule has 1 fully saturated rings. The van der Waals surface area contributed by atoms with Crippen LogP contribution in [-0.2, 0) is 0 Å². The fraction of sp³-hybridized carbons (Fsp3) is 0.273. The van der Waals surface area contributed by atoms with E-state index in [1.54, 1.807) is 6.33 Å². The molecule has 6 heterocycles. The van der Waals surface area contributed by atoms with Crippen LogP contribution in [0.5, 0.6) is 0 Å². The third-order valence-corrected chi connectivity index (χ3v) is 5.96. The van der Waals surface area contributed by atoms with Crippen LogP contribution in [0.3, 0.4) is 0 Å². The van der Waals surface area contributed by atoms with Crippen LogP contribution >= 0.6 is 0 Å². The molecule has 1 aliphatic heterocycles. The summed E-state index contributed by atoms with van der Waals surface area (Å²) in [6.45, 7) is 4.07. The average molecular weight is 398 g/mol. The monoisotopic (exact) mass is 398 g/mol. The number of hydrogen-bond acceptors (Lipinski definition) is 5. The minimum Gasteiger partial charge on any atom is -0.353 e. The summed E-state index contributed by atoms with van der Waals surface area (Å²) in [6, 6.07) is 6.31. The Kier molecular flexibility index (Phi) is 3.92. The quantitative estimate of drug-likeness (QED) is 0.432. The van der Waals surface area contributed by atoms with E-state index >= 15 is 0 Å². The number of nitrogens with zero attached hydrogens (tertiary/aromatic N) is 5. The largest absolute Gasteiger partial charge is 0.353 e. The highest BCUT2D eigenvalue weighted by Gasteiger charge is 2.19. The van der Waals surface area contributed by atoms with Gasteiger partial charge < -0.3 is 10.3 Å². The molecule has 0 bridgehead atoms. The van der Waals surface area contributed by atoms with E-state index in [4.69, 9.17) is 4.98 Å². The molecule has 30 heavy (non-hydrogen) atoms. The summed E-state index contributed by atoms with van der Waals surface area (Å²) in [5.74, 6) is 1.36. The van der Waals surface area contributed by atoms with E-state index in [0.717, 1.165) is 76.3 Å². The fourth-order valence-corrected chi connectivity index (χ4v) is 4.39. The van der Waals surface area contributed by atoms with Gasteiger partial charge in [-0.3, -0.25) is 14.6 Å². The van der Waals surface area contributed by atoms with E-state index in [-0.39, 0.29) is 0 Å². The lowest BCUT2D eigenvalue weighted by atomic mass is 9.93. The fourth-order valence-electron chi connectivity index (χ4n) is 4.39. The molecule has 0 unspecified atom stereocenters. The van der Waals surface area contributed by atoms with Gasteiger partial charge in [-0.05, 0) is 51.1 Å². The lowest BCUT2D eigenvalue weighted by molar-refractivity contribution is 0.453. The number of aromatic amines is 2. The second-order valence-electron chi connectivity index (χ2n) is 7.95. The Morgan fingerprint density at radius 1 is 1.03 bits per heavy atom. The Bertz CT molecular complexity index is 1350. The molecule has 0 radical (unpaired) electrons. The number of H-pyrrole nitrogens is 2. The normalized spacial score (nSPS) is 15.4. The van der Waals surface area contributed by atoms with Crippen molar-refractivity contribution in [2.24, 2.45) is 0 Å². The molecule has 0 aliphatic carbocycles. The zero-order valence-corrected chi connectivity index (χ0v) is 16.7. The summed E-state index contributed by atoms with van der Waals surface area (Å²) in [5, 5.41) is 13.3. The number of imidazole rings is 1. The van der Waals surface area contributed by atoms with E-state index in [0.29, 0.717) is 5.92 Å². The molecule has 5 aromatic rings. The number of piperidine rings is 1. The number of aromatic nitrogens is 7. The van der Waals surface area contributed by atoms with Crippen LogP contribution in [0.15, 0.2) is 43.1 Å². The molecule has 8 nitrogen and oxygen atoms in total. The highest BCUT2D eigenvalue weighted by atomic mass is 15.1. The summed E-state index contributed by atoms with van der Waals surface area (Å²) in [6.07, 6.45) is 9.75. The first kappa shape index (κ1) is 17.3. The molecule has 5 aromatic heterocycles. The molecular formula is C22H22N8. The Morgan fingerprint density at radius 2 is 1.93 bits per heavy atom. The van der Waals surface area contributed by atoms with E-state index in [1.807, 2.05) is 36.1 Å². The number of aryl methyl sites for hydroxylation is 1. The highest BCUT2D eigenvalue weighted by Crippen LogP contribution is 2.32. The van der Waals surface area contributed by atoms with Crippen molar-refractivity contribution in [1.82, 2.24) is 40.0 Å². The summed E-state index contributed by atoms with van der Waals surface area (Å²) in [5.41, 5.74) is 5.95. The van der Waals surface area contributed by atoms with Crippen LogP contribution in [0.2, 0.25) is 0 Å². The van der Waals surface area contributed by atoms with Gasteiger partial charge in [-0.2, -0.15) is 5.10 Å². The minimum atomic E-state index is 0.501. The number of nitrogens with one attached hydrogen (secondary N) is 3. The van der Waals surface area contributed by atoms with Crippen molar-refractivity contribution in [3.05, 3.63) is 54.5 Å². The van der Waals surface area contributed by atoms with Gasteiger partial charge >= 0.3 is 0 Å². The maximum atomic E-state index is 4.71. The van der Waals surface area contributed by atoms with Gasteiger partial charge in [-0.1, -0.05) is 0 Å². The summed E-state index contributed by atoms with van der Waals surface area (Å²) >= 11 is 0. The Hall–Kier alpha value is -3.52. The maximum Gasteiger partial charge on any atom is 0.147 e. The predicted octanol–water partition coefficient (Wildman–Crippen LogP) is 3.46. The Morgan fingerprint density at radius 3 is 2.77 bits per heavy atom. The van der Waals surface area contributed by atoms with E-state index in [1.165, 1.54) is 0 Å². The van der Waals surface area contributed by atoms with Gasteiger partial charge in [0.2, 0.25) is 0 Å². The number of fused-ring (bicyclic) bond motifs is 2. The number of hydrogen-bond donors (Lipinski definition) is 3. The van der Waals surface area contributed by atoms with Crippen molar-refractivity contribution in [3.63, 3.8) is 0 Å². The van der Waals surface area contributed by atoms with Crippen molar-refractivity contribution in [2.45, 2.75) is 25.7 Å². The summed E-state index contributed by atoms with van der Waals surface area (Å²) in [7, 11) is 0. The van der Waals surface area contributed by atoms with Gasteiger partial charge in [0.25, 0.3) is 0 Å². The van der Waals surface area contributed by atoms with Crippen LogP contribution in [0, 0.1) is 6.92 Å². The van der Waals surface area contributed by atoms with Gasteiger partial charge in [0.05, 0.1) is 28.6 Å². The SMILES string of the molecule is Cc1cn(-c2nccc3[nH]c(-c4n[nH]c5cnc(C6CCNCC6)cc45)cc23)cn1. The number of rotatable bonds is 3. The second kappa shape index (κ2) is 6.77. The first-order valence-corrected chi connectivity index (χ1v) is 10.3. The van der Waals surface area contributed by atoms with Crippen LogP contribution in [0.1, 0.15) is 30.1 Å². The lowest BCUT2D eigenvalue weighted by Gasteiger charge is -2.22. The molecule has 0 aromatic carbocycles. The maximum absolute atomic E-state index is 4.71. The molecule has 0 amide bonds. The number of pyridine rings is 2. The standard InChI is InChI=1S/C22H22N8/c1-13-11-30(12-26-13)22-16-9-19(27-17(16)4-7-24-22)21-15-8-18(14-2-5-23-6-3-14)25-10-20(15)28-29-21/h4,7-12,14,23,27H,2-3,5-6H2,1H3,(H,28,29). The molecule has 8 heteroatoms. The zero-order chi connectivity index (χ0) is 20.1. The zero-order valence-electron chi connectivity index (χ0n) is 16.7. The van der Waals surface area contributed by atoms with Crippen LogP contribution < -0.4 is 5.32 Å². The molecule has 1 aliphatic rings. The Labute approximate surface area is 172 Å². The van der Waals surface area contributed by atoms with E-state index in [9.17, 15) is 0 Å². The smallest absolute Gasteiger partial charge is 0.147 e. The van der Waals surface area contributed by atoms with Crippen LogP contribution in [-0.4, -0.2) is 47.8 Å². The average Bonchev–Trinajstić information content (AvgIpc) is 3.51. The third-order valence-electron chi connectivity index (χ3n) is 5.96. The van der Waals surface area contributed by atoms with Crippen molar-refractivity contribution in [2.75, 3.05) is 13.1 Å². The summed E-state index contributed by atoms with van der Waals surface area (Å²) in [4.78, 5) is 17.1. The van der Waals surface area contributed by atoms with Gasteiger partial charge in [0.1, 0.15) is 17.8 Å². The van der Waals surface area contributed by atoms with E-state index < -0.39 is 0 Å². The first-order chi connectivity index (χ1) is 14.8. The van der Waals surface area contributed by atoms with Gasteiger partial charge in [-0.15, -0.1) is 0 Å². The molecule has 150 valence electrons. The van der Waals surface area contributed by atoms with Crippen molar-refractivity contribution in [3.8, 4) is 17.2 Å². The van der Waals surface area contributed by atoms with Gasteiger partial charge in [0.15, 0.2) is 0 Å². The van der Waals surface area contributed by atoms with Crippen LogP contribution in [0.25, 0.3) is 39.0 Å². The van der Waals surface area contributed by atoms with Gasteiger partial charge in [0, 0.05) is 34.8 Å². The second-order valence-corrected chi connectivity index (χ2v) is 7.95. The molecule has 6 rings (SSSR count). The van der Waals surface area contributed by atoms with Crippen molar-refractivity contribution in [1.29, 1.82) is 0 Å². The molecular weight excluding hydrogens is 376 g/mol. The summed E-state index contributed by atoms with van der Waals surface area (Å²) < 4.78 is 1.96. The lowest BCUT2D eigenvalue weighted by Crippen LogP contribution is -2.27. The van der Waals surface area contributed by atoms with Gasteiger partial charge in [-0.25, -0.2) is 9.97 Å². The van der Waals surface area contributed by atoms with Crippen molar-refractivity contribution >= 4 is 21.8 Å². The Balaban J connectivity index is 1.47. The molecule has 1 saturated heterocycles. The molecule has 0 atom stereocenters. The first-order valence-electron chi connectivity index (χ1n) is 10.3. The third kappa shape index (κ3) is 2.80. The van der Waals surface area contributed by atoms with Crippen molar-refractivity contribution < 1.29 is 0 Å². The topological polar surface area (TPSA) is 100 Å².